The van der Waals surface area contributed by atoms with Gasteiger partial charge in [-0.3, -0.25) is 4.79 Å². The van der Waals surface area contributed by atoms with Gasteiger partial charge in [-0.1, -0.05) is 6.07 Å². The van der Waals surface area contributed by atoms with E-state index in [1.165, 1.54) is 17.0 Å². The molecule has 1 heterocycles. The van der Waals surface area contributed by atoms with Crippen molar-refractivity contribution in [1.29, 1.82) is 0 Å². The van der Waals surface area contributed by atoms with E-state index in [1.807, 2.05) is 0 Å². The first-order chi connectivity index (χ1) is 11.9. The number of ether oxygens (including phenoxy) is 2. The topological polar surface area (TPSA) is 67.9 Å². The molecule has 26 heavy (non-hydrogen) atoms. The molecule has 1 aliphatic rings. The molecule has 2 rings (SSSR count). The molecule has 0 bridgehead atoms. The normalized spacial score (nSPS) is 15.2. The zero-order valence-electron chi connectivity index (χ0n) is 14.7. The van der Waals surface area contributed by atoms with Gasteiger partial charge in [-0.15, -0.1) is 13.2 Å². The molecule has 1 N–H and O–H groups in total. The summed E-state index contributed by atoms with van der Waals surface area (Å²) in [5, 5.41) is 2.53. The predicted molar refractivity (Wildman–Crippen MR) is 87.7 cm³/mol. The van der Waals surface area contributed by atoms with Crippen molar-refractivity contribution >= 4 is 17.7 Å². The number of nitrogens with zero attached hydrogens (tertiary/aromatic N) is 1. The number of benzene rings is 1. The highest BCUT2D eigenvalue weighted by molar-refractivity contribution is 5.91. The van der Waals surface area contributed by atoms with Crippen LogP contribution < -0.4 is 10.1 Å². The van der Waals surface area contributed by atoms with Crippen LogP contribution in [0.2, 0.25) is 0 Å². The van der Waals surface area contributed by atoms with Crippen molar-refractivity contribution in [2.45, 2.75) is 39.2 Å². The Labute approximate surface area is 149 Å². The van der Waals surface area contributed by atoms with Gasteiger partial charge in [0.25, 0.3) is 0 Å². The van der Waals surface area contributed by atoms with E-state index in [0.717, 1.165) is 12.1 Å². The number of alkyl halides is 3. The average molecular weight is 374 g/mol. The van der Waals surface area contributed by atoms with E-state index < -0.39 is 23.8 Å². The van der Waals surface area contributed by atoms with Crippen LogP contribution in [0.3, 0.4) is 0 Å². The molecule has 0 radical (unpaired) electrons. The summed E-state index contributed by atoms with van der Waals surface area (Å²) in [5.41, 5.74) is -0.372. The number of hydrogen-bond acceptors (Lipinski definition) is 4. The van der Waals surface area contributed by atoms with Crippen LogP contribution in [0.15, 0.2) is 24.3 Å². The molecular weight excluding hydrogens is 353 g/mol. The van der Waals surface area contributed by atoms with Crippen LogP contribution in [0, 0.1) is 5.92 Å². The van der Waals surface area contributed by atoms with Gasteiger partial charge in [0.15, 0.2) is 0 Å². The first-order valence-electron chi connectivity index (χ1n) is 8.05. The summed E-state index contributed by atoms with van der Waals surface area (Å²) in [6.07, 6.45) is -5.06. The summed E-state index contributed by atoms with van der Waals surface area (Å²) in [5.74, 6) is -0.768. The van der Waals surface area contributed by atoms with Gasteiger partial charge < -0.3 is 19.7 Å². The molecule has 1 aliphatic heterocycles. The van der Waals surface area contributed by atoms with Gasteiger partial charge in [0.05, 0.1) is 0 Å². The molecule has 0 aliphatic carbocycles. The third-order valence-electron chi connectivity index (χ3n) is 3.43. The number of amides is 2. The van der Waals surface area contributed by atoms with Crippen molar-refractivity contribution in [2.75, 3.05) is 18.4 Å². The lowest BCUT2D eigenvalue weighted by Crippen LogP contribution is -2.52. The standard InChI is InChI=1S/C17H21F3N2O4/c1-16(2,3)26-15(24)22-9-11(10-22)7-14(23)21-12-5-4-6-13(8-12)25-17(18,19)20/h4-6,8,11H,7,9-10H2,1-3H3,(H,21,23). The molecule has 1 aromatic carbocycles. The largest absolute Gasteiger partial charge is 0.573 e. The van der Waals surface area contributed by atoms with Crippen LogP contribution in [-0.4, -0.2) is 42.0 Å². The number of halogens is 3. The van der Waals surface area contributed by atoms with Gasteiger partial charge >= 0.3 is 12.5 Å². The Morgan fingerprint density at radius 3 is 2.46 bits per heavy atom. The van der Waals surface area contributed by atoms with E-state index in [1.54, 1.807) is 20.8 Å². The van der Waals surface area contributed by atoms with E-state index in [2.05, 4.69) is 10.1 Å². The minimum atomic E-state index is -4.79. The van der Waals surface area contributed by atoms with Crippen LogP contribution in [0.25, 0.3) is 0 Å². The summed E-state index contributed by atoms with van der Waals surface area (Å²) >= 11 is 0. The first kappa shape index (κ1) is 19.9. The predicted octanol–water partition coefficient (Wildman–Crippen LogP) is 3.78. The van der Waals surface area contributed by atoms with Crippen molar-refractivity contribution < 1.29 is 32.2 Å². The molecule has 1 fully saturated rings. The molecule has 1 aromatic rings. The van der Waals surface area contributed by atoms with Crippen LogP contribution in [-0.2, 0) is 9.53 Å². The van der Waals surface area contributed by atoms with Gasteiger partial charge in [-0.25, -0.2) is 4.79 Å². The molecule has 0 spiro atoms. The highest BCUT2D eigenvalue weighted by atomic mass is 19.4. The number of anilines is 1. The van der Waals surface area contributed by atoms with Crippen LogP contribution in [0.4, 0.5) is 23.7 Å². The SMILES string of the molecule is CC(C)(C)OC(=O)N1CC(CC(=O)Nc2cccc(OC(F)(F)F)c2)C1. The maximum Gasteiger partial charge on any atom is 0.573 e. The van der Waals surface area contributed by atoms with E-state index in [-0.39, 0.29) is 23.9 Å². The molecule has 0 atom stereocenters. The number of nitrogens with one attached hydrogen (secondary N) is 1. The number of likely N-dealkylation sites (tertiary alicyclic amines) is 1. The smallest absolute Gasteiger partial charge is 0.444 e. The highest BCUT2D eigenvalue weighted by Crippen LogP contribution is 2.26. The maximum absolute atomic E-state index is 12.2. The molecule has 0 unspecified atom stereocenters. The monoisotopic (exact) mass is 374 g/mol. The van der Waals surface area contributed by atoms with Gasteiger partial charge in [-0.05, 0) is 32.9 Å². The van der Waals surface area contributed by atoms with Crippen molar-refractivity contribution in [3.63, 3.8) is 0 Å². The fourth-order valence-electron chi connectivity index (χ4n) is 2.42. The summed E-state index contributed by atoms with van der Waals surface area (Å²) < 4.78 is 45.7. The molecule has 9 heteroatoms. The molecular formula is C17H21F3N2O4. The summed E-state index contributed by atoms with van der Waals surface area (Å²) in [4.78, 5) is 25.3. The summed E-state index contributed by atoms with van der Waals surface area (Å²) in [6, 6.07) is 5.06. The van der Waals surface area contributed by atoms with Crippen molar-refractivity contribution in [1.82, 2.24) is 4.90 Å². The van der Waals surface area contributed by atoms with Crippen LogP contribution >= 0.6 is 0 Å². The third kappa shape index (κ3) is 6.45. The first-order valence-corrected chi connectivity index (χ1v) is 8.05. The Kier molecular flexibility index (Phi) is 5.68. The quantitative estimate of drug-likeness (QED) is 0.871. The Hall–Kier alpha value is -2.45. The van der Waals surface area contributed by atoms with Crippen LogP contribution in [0.1, 0.15) is 27.2 Å². The average Bonchev–Trinajstić information content (AvgIpc) is 2.38. The molecule has 0 aromatic heterocycles. The zero-order valence-corrected chi connectivity index (χ0v) is 14.7. The number of carbonyl (C=O) groups is 2. The lowest BCUT2D eigenvalue weighted by Gasteiger charge is -2.39. The second-order valence-corrected chi connectivity index (χ2v) is 7.08. The van der Waals surface area contributed by atoms with Crippen molar-refractivity contribution in [3.05, 3.63) is 24.3 Å². The molecule has 1 saturated heterocycles. The minimum Gasteiger partial charge on any atom is -0.444 e. The zero-order chi connectivity index (χ0) is 19.5. The van der Waals surface area contributed by atoms with Gasteiger partial charge in [0, 0.05) is 37.2 Å². The van der Waals surface area contributed by atoms with Gasteiger partial charge in [-0.2, -0.15) is 0 Å². The summed E-state index contributed by atoms with van der Waals surface area (Å²) in [6.45, 7) is 6.11. The lowest BCUT2D eigenvalue weighted by atomic mass is 9.96. The van der Waals surface area contributed by atoms with E-state index in [4.69, 9.17) is 4.74 Å². The minimum absolute atomic E-state index is 0.0165. The van der Waals surface area contributed by atoms with E-state index >= 15 is 0 Å². The number of hydrogen-bond donors (Lipinski definition) is 1. The molecule has 6 nitrogen and oxygen atoms in total. The Bertz CT molecular complexity index is 665. The Morgan fingerprint density at radius 2 is 1.88 bits per heavy atom. The van der Waals surface area contributed by atoms with Gasteiger partial charge in [0.1, 0.15) is 11.4 Å². The number of carbonyl (C=O) groups excluding carboxylic acids is 2. The second kappa shape index (κ2) is 7.43. The lowest BCUT2D eigenvalue weighted by molar-refractivity contribution is -0.274. The maximum atomic E-state index is 12.2. The van der Waals surface area contributed by atoms with E-state index in [0.29, 0.717) is 13.1 Å². The number of rotatable bonds is 4. The van der Waals surface area contributed by atoms with Crippen LogP contribution in [0.5, 0.6) is 5.75 Å². The van der Waals surface area contributed by atoms with E-state index in [9.17, 15) is 22.8 Å². The van der Waals surface area contributed by atoms with Crippen molar-refractivity contribution in [2.24, 2.45) is 5.92 Å². The highest BCUT2D eigenvalue weighted by Gasteiger charge is 2.35. The molecule has 0 saturated carbocycles. The molecule has 2 amide bonds. The van der Waals surface area contributed by atoms with Gasteiger partial charge in [0.2, 0.25) is 5.91 Å². The fraction of sp³-hybridized carbons (Fsp3) is 0.529. The van der Waals surface area contributed by atoms with Crippen molar-refractivity contribution in [3.8, 4) is 5.75 Å². The Morgan fingerprint density at radius 1 is 1.23 bits per heavy atom. The Balaban J connectivity index is 1.78. The fourth-order valence-corrected chi connectivity index (χ4v) is 2.42. The third-order valence-corrected chi connectivity index (χ3v) is 3.43. The molecule has 144 valence electrons. The second-order valence-electron chi connectivity index (χ2n) is 7.08. The summed E-state index contributed by atoms with van der Waals surface area (Å²) in [7, 11) is 0.